The van der Waals surface area contributed by atoms with Crippen molar-refractivity contribution in [1.29, 1.82) is 0 Å². The van der Waals surface area contributed by atoms with Crippen LogP contribution in [0.25, 0.3) is 11.4 Å². The lowest BCUT2D eigenvalue weighted by molar-refractivity contribution is -0.121. The van der Waals surface area contributed by atoms with E-state index in [9.17, 15) is 9.18 Å². The summed E-state index contributed by atoms with van der Waals surface area (Å²) >= 11 is 0. The lowest BCUT2D eigenvalue weighted by atomic mass is 10.1. The Morgan fingerprint density at radius 3 is 2.47 bits per heavy atom. The summed E-state index contributed by atoms with van der Waals surface area (Å²) in [4.78, 5) is 21.6. The van der Waals surface area contributed by atoms with Crippen molar-refractivity contribution >= 4 is 5.91 Å². The minimum absolute atomic E-state index is 0.125. The summed E-state index contributed by atoms with van der Waals surface area (Å²) in [6.07, 6.45) is 7.37. The molecule has 4 rings (SSSR count). The van der Waals surface area contributed by atoms with E-state index in [1.165, 1.54) is 12.1 Å². The quantitative estimate of drug-likeness (QED) is 0.512. The molecule has 0 aliphatic carbocycles. The minimum Gasteiger partial charge on any atom is -0.342 e. The Morgan fingerprint density at radius 2 is 1.77 bits per heavy atom. The highest BCUT2D eigenvalue weighted by Gasteiger charge is 2.21. The van der Waals surface area contributed by atoms with E-state index in [2.05, 4.69) is 15.3 Å². The van der Waals surface area contributed by atoms with Crippen molar-refractivity contribution in [3.63, 3.8) is 0 Å². The van der Waals surface area contributed by atoms with Crippen LogP contribution >= 0.6 is 0 Å². The molecule has 0 saturated carbocycles. The zero-order chi connectivity index (χ0) is 20.9. The Balaban J connectivity index is 1.48. The van der Waals surface area contributed by atoms with E-state index in [4.69, 9.17) is 0 Å². The average molecular weight is 403 g/mol. The topological polar surface area (TPSA) is 64.7 Å². The van der Waals surface area contributed by atoms with Gasteiger partial charge in [0.1, 0.15) is 23.5 Å². The van der Waals surface area contributed by atoms with Gasteiger partial charge in [-0.2, -0.15) is 0 Å². The number of nitrogens with one attached hydrogen (secondary N) is 1. The van der Waals surface area contributed by atoms with Crippen LogP contribution in [0.1, 0.15) is 23.9 Å². The predicted molar refractivity (Wildman–Crippen MR) is 112 cm³/mol. The van der Waals surface area contributed by atoms with Gasteiger partial charge in [0.15, 0.2) is 0 Å². The maximum absolute atomic E-state index is 13.4. The molecule has 0 fully saturated rings. The maximum Gasteiger partial charge on any atom is 0.222 e. The number of carbonyl (C=O) groups excluding carboxylic acids is 1. The van der Waals surface area contributed by atoms with Crippen molar-refractivity contribution < 1.29 is 9.18 Å². The van der Waals surface area contributed by atoms with Crippen LogP contribution in [0.5, 0.6) is 0 Å². The molecule has 2 heterocycles. The first-order valence-electron chi connectivity index (χ1n) is 9.70. The third kappa shape index (κ3) is 4.30. The second kappa shape index (κ2) is 8.73. The summed E-state index contributed by atoms with van der Waals surface area (Å²) in [6.45, 7) is 0.493. The zero-order valence-corrected chi connectivity index (χ0v) is 16.6. The number of hydrogen-bond acceptors (Lipinski definition) is 3. The number of nitrogens with zero attached hydrogens (tertiary/aromatic N) is 4. The van der Waals surface area contributed by atoms with Gasteiger partial charge in [-0.05, 0) is 17.7 Å². The van der Waals surface area contributed by atoms with E-state index in [0.29, 0.717) is 12.4 Å². The third-order valence-electron chi connectivity index (χ3n) is 4.95. The van der Waals surface area contributed by atoms with Gasteiger partial charge in [-0.15, -0.1) is 0 Å². The molecule has 0 aliphatic heterocycles. The van der Waals surface area contributed by atoms with Crippen LogP contribution in [0, 0.1) is 5.82 Å². The SMILES string of the molecule is Cn1ccnc1C(NC(=O)CCn1ccnc1-c1ccccc1)c1ccc(F)cc1. The highest BCUT2D eigenvalue weighted by molar-refractivity contribution is 5.76. The van der Waals surface area contributed by atoms with Gasteiger partial charge in [-0.25, -0.2) is 14.4 Å². The predicted octanol–water partition coefficient (Wildman–Crippen LogP) is 3.72. The van der Waals surface area contributed by atoms with E-state index < -0.39 is 6.04 Å². The Labute approximate surface area is 174 Å². The molecular weight excluding hydrogens is 381 g/mol. The fourth-order valence-corrected chi connectivity index (χ4v) is 3.40. The van der Waals surface area contributed by atoms with E-state index in [0.717, 1.165) is 17.0 Å². The first kappa shape index (κ1) is 19.6. The van der Waals surface area contributed by atoms with Crippen LogP contribution in [-0.4, -0.2) is 25.0 Å². The van der Waals surface area contributed by atoms with E-state index in [1.807, 2.05) is 58.9 Å². The lowest BCUT2D eigenvalue weighted by Crippen LogP contribution is -2.31. The number of benzene rings is 2. The molecule has 1 amide bonds. The van der Waals surface area contributed by atoms with Crippen LogP contribution in [0.4, 0.5) is 4.39 Å². The van der Waals surface area contributed by atoms with Crippen LogP contribution in [-0.2, 0) is 18.4 Å². The number of carbonyl (C=O) groups is 1. The average Bonchev–Trinajstić information content (AvgIpc) is 3.41. The highest BCUT2D eigenvalue weighted by atomic mass is 19.1. The fourth-order valence-electron chi connectivity index (χ4n) is 3.40. The van der Waals surface area contributed by atoms with Crippen molar-refractivity contribution in [2.75, 3.05) is 0 Å². The number of rotatable bonds is 7. The van der Waals surface area contributed by atoms with Gasteiger partial charge in [0.2, 0.25) is 5.91 Å². The highest BCUT2D eigenvalue weighted by Crippen LogP contribution is 2.21. The normalized spacial score (nSPS) is 11.9. The van der Waals surface area contributed by atoms with Crippen molar-refractivity contribution in [3.8, 4) is 11.4 Å². The van der Waals surface area contributed by atoms with E-state index >= 15 is 0 Å². The van der Waals surface area contributed by atoms with E-state index in [1.54, 1.807) is 24.5 Å². The molecule has 4 aromatic rings. The summed E-state index contributed by atoms with van der Waals surface area (Å²) in [5.74, 6) is 1.06. The molecule has 0 aliphatic rings. The molecule has 0 spiro atoms. The molecular formula is C23H22FN5O. The van der Waals surface area contributed by atoms with Crippen molar-refractivity contribution in [2.45, 2.75) is 19.0 Å². The van der Waals surface area contributed by atoms with Gasteiger partial charge >= 0.3 is 0 Å². The monoisotopic (exact) mass is 403 g/mol. The molecule has 7 heteroatoms. The van der Waals surface area contributed by atoms with Gasteiger partial charge in [-0.1, -0.05) is 42.5 Å². The summed E-state index contributed by atoms with van der Waals surface area (Å²) in [7, 11) is 1.86. The number of aryl methyl sites for hydroxylation is 2. The van der Waals surface area contributed by atoms with Gasteiger partial charge in [0, 0.05) is 50.4 Å². The van der Waals surface area contributed by atoms with Gasteiger partial charge in [0.25, 0.3) is 0 Å². The van der Waals surface area contributed by atoms with Crippen LogP contribution < -0.4 is 5.32 Å². The fraction of sp³-hybridized carbons (Fsp3) is 0.174. The summed E-state index contributed by atoms with van der Waals surface area (Å²) in [6, 6.07) is 15.5. The minimum atomic E-state index is -0.463. The zero-order valence-electron chi connectivity index (χ0n) is 16.6. The Morgan fingerprint density at radius 1 is 1.03 bits per heavy atom. The maximum atomic E-state index is 13.4. The molecule has 1 unspecified atom stereocenters. The molecule has 1 N–H and O–H groups in total. The molecule has 152 valence electrons. The van der Waals surface area contributed by atoms with Crippen molar-refractivity contribution in [2.24, 2.45) is 7.05 Å². The molecule has 0 saturated heterocycles. The summed E-state index contributed by atoms with van der Waals surface area (Å²) in [5, 5.41) is 3.04. The number of hydrogen-bond donors (Lipinski definition) is 1. The van der Waals surface area contributed by atoms with Crippen LogP contribution in [0.2, 0.25) is 0 Å². The van der Waals surface area contributed by atoms with Crippen molar-refractivity contribution in [1.82, 2.24) is 24.4 Å². The van der Waals surface area contributed by atoms with E-state index in [-0.39, 0.29) is 18.1 Å². The lowest BCUT2D eigenvalue weighted by Gasteiger charge is -2.19. The summed E-state index contributed by atoms with van der Waals surface area (Å²) in [5.41, 5.74) is 1.77. The number of amides is 1. The molecule has 6 nitrogen and oxygen atoms in total. The Kier molecular flexibility index (Phi) is 5.70. The first-order valence-corrected chi connectivity index (χ1v) is 9.70. The van der Waals surface area contributed by atoms with Gasteiger partial charge in [0.05, 0.1) is 0 Å². The van der Waals surface area contributed by atoms with Crippen LogP contribution in [0.15, 0.2) is 79.4 Å². The molecule has 2 aromatic heterocycles. The van der Waals surface area contributed by atoms with Gasteiger partial charge in [-0.3, -0.25) is 4.79 Å². The molecule has 0 radical (unpaired) electrons. The molecule has 2 aromatic carbocycles. The largest absolute Gasteiger partial charge is 0.342 e. The van der Waals surface area contributed by atoms with Crippen LogP contribution in [0.3, 0.4) is 0 Å². The number of aromatic nitrogens is 4. The molecule has 1 atom stereocenters. The standard InChI is InChI=1S/C23H22FN5O/c1-28-15-12-26-23(28)21(17-7-9-19(24)10-8-17)27-20(30)11-14-29-16-13-25-22(29)18-5-3-2-4-6-18/h2-10,12-13,15-16,21H,11,14H2,1H3,(H,27,30). The smallest absolute Gasteiger partial charge is 0.222 e. The Hall–Kier alpha value is -3.74. The second-order valence-electron chi connectivity index (χ2n) is 7.01. The molecule has 0 bridgehead atoms. The first-order chi connectivity index (χ1) is 14.6. The summed E-state index contributed by atoms with van der Waals surface area (Å²) < 4.78 is 17.2. The Bertz CT molecular complexity index is 1120. The number of halogens is 1. The number of imidazole rings is 2. The van der Waals surface area contributed by atoms with Gasteiger partial charge < -0.3 is 14.5 Å². The molecule has 30 heavy (non-hydrogen) atoms. The van der Waals surface area contributed by atoms with Crippen molar-refractivity contribution in [3.05, 3.63) is 96.6 Å². The second-order valence-corrected chi connectivity index (χ2v) is 7.01. The third-order valence-corrected chi connectivity index (χ3v) is 4.95.